The number of hydrogen-bond donors (Lipinski definition) is 5. The monoisotopic (exact) mass is 532 g/mol. The first-order chi connectivity index (χ1) is 17.9. The zero-order valence-corrected chi connectivity index (χ0v) is 20.8. The van der Waals surface area contributed by atoms with Gasteiger partial charge in [-0.05, 0) is 42.5 Å². The highest BCUT2D eigenvalue weighted by molar-refractivity contribution is 8.00. The highest BCUT2D eigenvalue weighted by Crippen LogP contribution is 2.23. The molecule has 0 fully saturated rings. The van der Waals surface area contributed by atoms with E-state index in [2.05, 4.69) is 30.6 Å². The summed E-state index contributed by atoms with van der Waals surface area (Å²) in [5.41, 5.74) is 3.81. The van der Waals surface area contributed by atoms with Gasteiger partial charge in [0.2, 0.25) is 11.8 Å². The van der Waals surface area contributed by atoms with Gasteiger partial charge in [-0.3, -0.25) is 9.59 Å². The molecule has 2 amide bonds. The van der Waals surface area contributed by atoms with Crippen LogP contribution in [0.15, 0.2) is 77.0 Å². The number of thioether (sulfide) groups is 2. The summed E-state index contributed by atoms with van der Waals surface area (Å²) < 4.78 is 0. The lowest BCUT2D eigenvalue weighted by molar-refractivity contribution is -0.114. The van der Waals surface area contributed by atoms with Crippen molar-refractivity contribution in [2.75, 3.05) is 22.1 Å². The number of carboxylic acids is 1. The summed E-state index contributed by atoms with van der Waals surface area (Å²) in [7, 11) is 0. The summed E-state index contributed by atoms with van der Waals surface area (Å²) in [5.74, 6) is -1.74. The molecule has 0 aliphatic heterocycles. The van der Waals surface area contributed by atoms with E-state index in [9.17, 15) is 19.5 Å². The van der Waals surface area contributed by atoms with Gasteiger partial charge in [0.25, 0.3) is 0 Å². The highest BCUT2D eigenvalue weighted by atomic mass is 32.2. The second kappa shape index (κ2) is 10.8. The van der Waals surface area contributed by atoms with E-state index in [1.807, 2.05) is 48.5 Å². The maximum absolute atomic E-state index is 12.5. The Morgan fingerprint density at radius 3 is 1.62 bits per heavy atom. The average molecular weight is 533 g/mol. The average Bonchev–Trinajstić information content (AvgIpc) is 3.49. The Hall–Kier alpha value is -4.29. The number of nitrogens with zero attached hydrogens (tertiary/aromatic N) is 2. The number of imidazole rings is 2. The predicted molar refractivity (Wildman–Crippen MR) is 144 cm³/mol. The number of rotatable bonds is 9. The normalized spacial score (nSPS) is 11.0. The lowest BCUT2D eigenvalue weighted by atomic mass is 10.1. The summed E-state index contributed by atoms with van der Waals surface area (Å²) in [6.45, 7) is 0. The van der Waals surface area contributed by atoms with Gasteiger partial charge in [-0.25, -0.2) is 14.8 Å². The number of benzene rings is 3. The molecular weight excluding hydrogens is 512 g/mol. The lowest BCUT2D eigenvalue weighted by Gasteiger charge is -2.10. The van der Waals surface area contributed by atoms with Crippen molar-refractivity contribution in [3.05, 3.63) is 72.3 Å². The standard InChI is InChI=1S/C25H20N6O4S2/c32-21(12-36-24-28-17-5-1-2-6-18(17)29-24)26-15-9-14(23(34)35)10-16(11-15)27-22(33)13-37-25-30-19-7-3-4-8-20(19)31-25/h1-11H,12-13H2,(H,26,32)(H,27,33)(H,28,29)(H,30,31)(H,34,35). The van der Waals surface area contributed by atoms with Gasteiger partial charge in [0.15, 0.2) is 10.3 Å². The molecule has 0 aliphatic rings. The molecule has 2 heterocycles. The number of carboxylic acid groups (broad SMARTS) is 1. The summed E-state index contributed by atoms with van der Waals surface area (Å²) in [6.07, 6.45) is 0. The Labute approximate surface area is 218 Å². The van der Waals surface area contributed by atoms with E-state index in [1.54, 1.807) is 0 Å². The van der Waals surface area contributed by atoms with Crippen LogP contribution in [0.25, 0.3) is 22.1 Å². The van der Waals surface area contributed by atoms with Crippen molar-refractivity contribution in [3.8, 4) is 0 Å². The molecule has 12 heteroatoms. The van der Waals surface area contributed by atoms with Gasteiger partial charge in [-0.2, -0.15) is 0 Å². The molecule has 0 aliphatic carbocycles. The zero-order chi connectivity index (χ0) is 25.8. The number of hydrogen-bond acceptors (Lipinski definition) is 7. The van der Waals surface area contributed by atoms with Crippen molar-refractivity contribution in [2.45, 2.75) is 10.3 Å². The Balaban J connectivity index is 1.20. The van der Waals surface area contributed by atoms with Crippen LogP contribution in [0, 0.1) is 0 Å². The molecule has 0 saturated carbocycles. The highest BCUT2D eigenvalue weighted by Gasteiger charge is 2.13. The third-order valence-electron chi connectivity index (χ3n) is 5.16. The molecule has 5 N–H and O–H groups in total. The number of fused-ring (bicyclic) bond motifs is 2. The number of amides is 2. The fourth-order valence-electron chi connectivity index (χ4n) is 3.55. The summed E-state index contributed by atoms with van der Waals surface area (Å²) in [6, 6.07) is 19.3. The lowest BCUT2D eigenvalue weighted by Crippen LogP contribution is -2.17. The van der Waals surface area contributed by atoms with Gasteiger partial charge in [0.1, 0.15) is 0 Å². The van der Waals surface area contributed by atoms with E-state index < -0.39 is 5.97 Å². The van der Waals surface area contributed by atoms with Crippen LogP contribution in [-0.4, -0.2) is 54.3 Å². The topological polar surface area (TPSA) is 153 Å². The fraction of sp³-hybridized carbons (Fsp3) is 0.0800. The first-order valence-corrected chi connectivity index (χ1v) is 13.0. The van der Waals surface area contributed by atoms with Crippen LogP contribution in [-0.2, 0) is 9.59 Å². The van der Waals surface area contributed by atoms with Crippen molar-refractivity contribution in [3.63, 3.8) is 0 Å². The number of nitrogens with one attached hydrogen (secondary N) is 4. The molecule has 2 aromatic heterocycles. The van der Waals surface area contributed by atoms with Crippen LogP contribution in [0.4, 0.5) is 11.4 Å². The Bertz CT molecular complexity index is 1450. The van der Waals surface area contributed by atoms with E-state index in [-0.39, 0.29) is 40.3 Å². The number of carbonyl (C=O) groups is 3. The van der Waals surface area contributed by atoms with Crippen LogP contribution in [0.3, 0.4) is 0 Å². The summed E-state index contributed by atoms with van der Waals surface area (Å²) in [5, 5.41) is 16.1. The van der Waals surface area contributed by atoms with E-state index in [1.165, 1.54) is 41.7 Å². The maximum atomic E-state index is 12.5. The smallest absolute Gasteiger partial charge is 0.335 e. The van der Waals surface area contributed by atoms with E-state index in [4.69, 9.17) is 0 Å². The molecule has 5 aromatic rings. The first-order valence-electron chi connectivity index (χ1n) is 11.1. The second-order valence-corrected chi connectivity index (χ2v) is 9.82. The number of anilines is 2. The van der Waals surface area contributed by atoms with Gasteiger partial charge < -0.3 is 25.7 Å². The van der Waals surface area contributed by atoms with E-state index >= 15 is 0 Å². The summed E-state index contributed by atoms with van der Waals surface area (Å²) in [4.78, 5) is 51.8. The van der Waals surface area contributed by atoms with Crippen LogP contribution >= 0.6 is 23.5 Å². The third-order valence-corrected chi connectivity index (χ3v) is 6.91. The maximum Gasteiger partial charge on any atom is 0.335 e. The molecular formula is C25H20N6O4S2. The van der Waals surface area contributed by atoms with Gasteiger partial charge in [0, 0.05) is 11.4 Å². The minimum Gasteiger partial charge on any atom is -0.478 e. The predicted octanol–water partition coefficient (Wildman–Crippen LogP) is 4.60. The van der Waals surface area contributed by atoms with Crippen LogP contribution < -0.4 is 10.6 Å². The third kappa shape index (κ3) is 6.11. The van der Waals surface area contributed by atoms with E-state index in [0.717, 1.165) is 22.1 Å². The minimum absolute atomic E-state index is 0.0625. The minimum atomic E-state index is -1.18. The SMILES string of the molecule is O=C(CSc1nc2ccccc2[nH]1)Nc1cc(NC(=O)CSc2nc3ccccc3[nH]2)cc(C(=O)O)c1. The number of aromatic nitrogens is 4. The van der Waals surface area contributed by atoms with Crippen molar-refractivity contribution in [2.24, 2.45) is 0 Å². The van der Waals surface area contributed by atoms with Gasteiger partial charge in [-0.15, -0.1) is 0 Å². The van der Waals surface area contributed by atoms with Crippen LogP contribution in [0.1, 0.15) is 10.4 Å². The number of aromatic amines is 2. The largest absolute Gasteiger partial charge is 0.478 e. The van der Waals surface area contributed by atoms with Crippen molar-refractivity contribution < 1.29 is 19.5 Å². The molecule has 37 heavy (non-hydrogen) atoms. The van der Waals surface area contributed by atoms with Gasteiger partial charge in [0.05, 0.1) is 39.1 Å². The molecule has 0 bridgehead atoms. The van der Waals surface area contributed by atoms with Gasteiger partial charge >= 0.3 is 5.97 Å². The summed E-state index contributed by atoms with van der Waals surface area (Å²) >= 11 is 2.46. The molecule has 0 unspecified atom stereocenters. The number of H-pyrrole nitrogens is 2. The Kier molecular flexibility index (Phi) is 7.10. The quantitative estimate of drug-likeness (QED) is 0.173. The van der Waals surface area contributed by atoms with Crippen molar-refractivity contribution in [1.29, 1.82) is 0 Å². The van der Waals surface area contributed by atoms with Gasteiger partial charge in [-0.1, -0.05) is 47.8 Å². The number of para-hydroxylation sites is 4. The molecule has 5 rings (SSSR count). The molecule has 0 radical (unpaired) electrons. The molecule has 3 aromatic carbocycles. The van der Waals surface area contributed by atoms with Crippen molar-refractivity contribution in [1.82, 2.24) is 19.9 Å². The second-order valence-electron chi connectivity index (χ2n) is 7.90. The number of carbonyl (C=O) groups excluding carboxylic acids is 2. The zero-order valence-electron chi connectivity index (χ0n) is 19.1. The molecule has 0 saturated heterocycles. The molecule has 10 nitrogen and oxygen atoms in total. The molecule has 0 atom stereocenters. The first kappa shape index (κ1) is 24.4. The molecule has 186 valence electrons. The van der Waals surface area contributed by atoms with E-state index in [0.29, 0.717) is 10.3 Å². The van der Waals surface area contributed by atoms with Crippen LogP contribution in [0.5, 0.6) is 0 Å². The Morgan fingerprint density at radius 1 is 0.730 bits per heavy atom. The fourth-order valence-corrected chi connectivity index (χ4v) is 4.92. The molecule has 0 spiro atoms. The van der Waals surface area contributed by atoms with Crippen LogP contribution in [0.2, 0.25) is 0 Å². The van der Waals surface area contributed by atoms with Crippen molar-refractivity contribution >= 4 is 74.7 Å². The Morgan fingerprint density at radius 2 is 1.19 bits per heavy atom. The number of aromatic carboxylic acids is 1.